The molecule has 2 fully saturated rings. The van der Waals surface area contributed by atoms with Gasteiger partial charge in [-0.3, -0.25) is 14.4 Å². The number of rotatable bonds is 7. The highest BCUT2D eigenvalue weighted by Crippen LogP contribution is 2.34. The summed E-state index contributed by atoms with van der Waals surface area (Å²) in [7, 11) is 0. The Labute approximate surface area is 198 Å². The molecule has 7 heteroatoms. The standard InChI is InChI=1S/C27H29N5O2/c1-3-5-23-22(6-4-7-24(23)28-2)19-8-10-20(11-9-19)25-29-30-27(34)32(25)17-18-14-15-31(16-18)26(33)21-12-13-21/h3-11,18,21H,2,12-17H2,1H3,(H,30,34). The van der Waals surface area contributed by atoms with Crippen LogP contribution in [0.3, 0.4) is 0 Å². The predicted octanol–water partition coefficient (Wildman–Crippen LogP) is 4.53. The van der Waals surface area contributed by atoms with Gasteiger partial charge in [-0.2, -0.15) is 5.10 Å². The molecule has 7 nitrogen and oxygen atoms in total. The van der Waals surface area contributed by atoms with Gasteiger partial charge in [0, 0.05) is 36.7 Å². The van der Waals surface area contributed by atoms with Crippen LogP contribution < -0.4 is 5.69 Å². The lowest BCUT2D eigenvalue weighted by Crippen LogP contribution is -2.31. The number of nitrogens with one attached hydrogen (secondary N) is 1. The van der Waals surface area contributed by atoms with E-state index in [0.29, 0.717) is 18.9 Å². The molecule has 1 atom stereocenters. The molecule has 3 aromatic rings. The average Bonchev–Trinajstić information content (AvgIpc) is 3.51. The second-order valence-electron chi connectivity index (χ2n) is 9.15. The largest absolute Gasteiger partial charge is 0.343 e. The Morgan fingerprint density at radius 3 is 2.65 bits per heavy atom. The Morgan fingerprint density at radius 2 is 1.94 bits per heavy atom. The summed E-state index contributed by atoms with van der Waals surface area (Å²) >= 11 is 0. The van der Waals surface area contributed by atoms with Crippen LogP contribution in [-0.4, -0.2) is 45.4 Å². The van der Waals surface area contributed by atoms with Gasteiger partial charge in [0.15, 0.2) is 5.82 Å². The number of carbonyl (C=O) groups is 1. The summed E-state index contributed by atoms with van der Waals surface area (Å²) < 4.78 is 1.71. The van der Waals surface area contributed by atoms with Crippen LogP contribution in [0.15, 0.2) is 58.3 Å². The van der Waals surface area contributed by atoms with Gasteiger partial charge >= 0.3 is 5.69 Å². The normalized spacial score (nSPS) is 18.0. The number of hydrogen-bond donors (Lipinski definition) is 1. The molecule has 1 N–H and O–H groups in total. The van der Waals surface area contributed by atoms with Gasteiger partial charge in [-0.25, -0.2) is 9.89 Å². The predicted molar refractivity (Wildman–Crippen MR) is 135 cm³/mol. The summed E-state index contributed by atoms with van der Waals surface area (Å²) in [6, 6.07) is 14.1. The number of carbonyl (C=O) groups excluding carboxylic acids is 1. The van der Waals surface area contributed by atoms with Crippen molar-refractivity contribution in [3.05, 3.63) is 64.6 Å². The molecule has 2 heterocycles. The maximum atomic E-state index is 12.6. The number of aliphatic imine (C=N–C) groups is 1. The van der Waals surface area contributed by atoms with Gasteiger partial charge in [-0.15, -0.1) is 0 Å². The van der Waals surface area contributed by atoms with Crippen molar-refractivity contribution in [1.82, 2.24) is 19.7 Å². The van der Waals surface area contributed by atoms with E-state index in [1.165, 1.54) is 0 Å². The number of allylic oxidation sites excluding steroid dienone is 1. The second-order valence-corrected chi connectivity index (χ2v) is 9.15. The number of likely N-dealkylation sites (tertiary alicyclic amines) is 1. The molecule has 174 valence electrons. The monoisotopic (exact) mass is 455 g/mol. The SMILES string of the molecule is C=Nc1cccc(-c2ccc(-c3n[nH]c(=O)n3CC3CCN(C(=O)C4CC4)C3)cc2)c1C=CC. The highest BCUT2D eigenvalue weighted by Gasteiger charge is 2.36. The lowest BCUT2D eigenvalue weighted by molar-refractivity contribution is -0.131. The van der Waals surface area contributed by atoms with Crippen molar-refractivity contribution >= 4 is 24.4 Å². The van der Waals surface area contributed by atoms with Crippen molar-refractivity contribution in [2.45, 2.75) is 32.7 Å². The Kier molecular flexibility index (Phi) is 6.01. The summed E-state index contributed by atoms with van der Waals surface area (Å²) in [5.41, 5.74) is 4.64. The van der Waals surface area contributed by atoms with Crippen LogP contribution in [0.1, 0.15) is 31.7 Å². The van der Waals surface area contributed by atoms with E-state index in [1.807, 2.05) is 60.4 Å². The molecule has 1 aliphatic carbocycles. The van der Waals surface area contributed by atoms with Crippen molar-refractivity contribution in [3.63, 3.8) is 0 Å². The molecule has 1 amide bonds. The highest BCUT2D eigenvalue weighted by molar-refractivity contribution is 5.83. The van der Waals surface area contributed by atoms with E-state index in [2.05, 4.69) is 28.0 Å². The van der Waals surface area contributed by atoms with Gasteiger partial charge in [0.2, 0.25) is 5.91 Å². The maximum Gasteiger partial charge on any atom is 0.343 e. The van der Waals surface area contributed by atoms with E-state index in [4.69, 9.17) is 0 Å². The van der Waals surface area contributed by atoms with E-state index in [1.54, 1.807) is 4.57 Å². The Morgan fingerprint density at radius 1 is 1.18 bits per heavy atom. The minimum Gasteiger partial charge on any atom is -0.342 e. The van der Waals surface area contributed by atoms with Crippen LogP contribution in [-0.2, 0) is 11.3 Å². The third-order valence-corrected chi connectivity index (χ3v) is 6.76. The van der Waals surface area contributed by atoms with Gasteiger partial charge in [0.1, 0.15) is 0 Å². The van der Waals surface area contributed by atoms with E-state index < -0.39 is 0 Å². The van der Waals surface area contributed by atoms with Crippen LogP contribution in [0.5, 0.6) is 0 Å². The van der Waals surface area contributed by atoms with Crippen LogP contribution in [0, 0.1) is 11.8 Å². The van der Waals surface area contributed by atoms with Gasteiger partial charge in [-0.1, -0.05) is 48.6 Å². The topological polar surface area (TPSA) is 83.3 Å². The highest BCUT2D eigenvalue weighted by atomic mass is 16.2. The maximum absolute atomic E-state index is 12.6. The van der Waals surface area contributed by atoms with Crippen molar-refractivity contribution in [2.24, 2.45) is 16.8 Å². The summed E-state index contributed by atoms with van der Waals surface area (Å²) in [5.74, 6) is 1.40. The zero-order valence-corrected chi connectivity index (χ0v) is 19.4. The first-order valence-corrected chi connectivity index (χ1v) is 11.9. The third-order valence-electron chi connectivity index (χ3n) is 6.76. The first-order valence-electron chi connectivity index (χ1n) is 11.9. The molecule has 1 unspecified atom stereocenters. The van der Waals surface area contributed by atoms with Gasteiger partial charge < -0.3 is 4.90 Å². The molecule has 2 aliphatic rings. The Hall–Kier alpha value is -3.74. The number of aromatic amines is 1. The number of aromatic nitrogens is 3. The van der Waals surface area contributed by atoms with Gasteiger partial charge in [-0.05, 0) is 56.0 Å². The fourth-order valence-corrected chi connectivity index (χ4v) is 4.82. The average molecular weight is 456 g/mol. The number of benzene rings is 2. The summed E-state index contributed by atoms with van der Waals surface area (Å²) in [6.07, 6.45) is 6.98. The van der Waals surface area contributed by atoms with Crippen LogP contribution in [0.4, 0.5) is 5.69 Å². The molecule has 1 saturated heterocycles. The zero-order valence-electron chi connectivity index (χ0n) is 19.4. The third kappa shape index (κ3) is 4.25. The minimum atomic E-state index is -0.217. The van der Waals surface area contributed by atoms with Crippen LogP contribution >= 0.6 is 0 Å². The molecule has 1 aliphatic heterocycles. The van der Waals surface area contributed by atoms with Crippen LogP contribution in [0.25, 0.3) is 28.6 Å². The first-order chi connectivity index (χ1) is 16.6. The lowest BCUT2D eigenvalue weighted by Gasteiger charge is -2.16. The fraction of sp³-hybridized carbons (Fsp3) is 0.333. The molecule has 0 spiro atoms. The molecule has 1 saturated carbocycles. The van der Waals surface area contributed by atoms with E-state index in [-0.39, 0.29) is 23.4 Å². The summed E-state index contributed by atoms with van der Waals surface area (Å²) in [6.45, 7) is 7.73. The molecule has 0 bridgehead atoms. The number of nitrogens with zero attached hydrogens (tertiary/aromatic N) is 4. The number of hydrogen-bond acceptors (Lipinski definition) is 4. The van der Waals surface area contributed by atoms with Crippen molar-refractivity contribution < 1.29 is 4.79 Å². The zero-order chi connectivity index (χ0) is 23.7. The smallest absolute Gasteiger partial charge is 0.342 e. The molecule has 5 rings (SSSR count). The molecule has 1 aromatic heterocycles. The van der Waals surface area contributed by atoms with E-state index >= 15 is 0 Å². The molecular weight excluding hydrogens is 426 g/mol. The van der Waals surface area contributed by atoms with Crippen molar-refractivity contribution in [1.29, 1.82) is 0 Å². The quantitative estimate of drug-likeness (QED) is 0.532. The lowest BCUT2D eigenvalue weighted by atomic mass is 9.97. The summed E-state index contributed by atoms with van der Waals surface area (Å²) in [4.78, 5) is 31.1. The first kappa shape index (κ1) is 22.1. The molecular formula is C27H29N5O2. The second kappa shape index (κ2) is 9.25. The number of amides is 1. The minimum absolute atomic E-state index is 0.217. The van der Waals surface area contributed by atoms with E-state index in [0.717, 1.165) is 53.7 Å². The van der Waals surface area contributed by atoms with Crippen molar-refractivity contribution in [3.8, 4) is 22.5 Å². The van der Waals surface area contributed by atoms with Gasteiger partial charge in [0.05, 0.1) is 5.69 Å². The number of H-pyrrole nitrogens is 1. The molecule has 0 radical (unpaired) electrons. The van der Waals surface area contributed by atoms with Crippen LogP contribution in [0.2, 0.25) is 0 Å². The van der Waals surface area contributed by atoms with Gasteiger partial charge in [0.25, 0.3) is 0 Å². The van der Waals surface area contributed by atoms with Crippen molar-refractivity contribution in [2.75, 3.05) is 13.1 Å². The summed E-state index contributed by atoms with van der Waals surface area (Å²) in [5, 5.41) is 6.92. The van der Waals surface area contributed by atoms with E-state index in [9.17, 15) is 9.59 Å². The Bertz CT molecular complexity index is 1300. The Balaban J connectivity index is 1.38. The molecule has 34 heavy (non-hydrogen) atoms. The molecule has 2 aromatic carbocycles. The fourth-order valence-electron chi connectivity index (χ4n) is 4.82.